The Bertz CT molecular complexity index is 1590. The van der Waals surface area contributed by atoms with E-state index in [1.54, 1.807) is 23.5 Å². The van der Waals surface area contributed by atoms with Gasteiger partial charge in [-0.25, -0.2) is 4.98 Å². The normalized spacial score (nSPS) is 11.8. The molecule has 36 heavy (non-hydrogen) atoms. The molecule has 5 aromatic rings. The SMILES string of the molecule is COc1ccc(-c2cc(C(=O)NCc3csc4ccccc34)c(CN)o2)c2ccc(C(F)(F)F)nc12. The van der Waals surface area contributed by atoms with Gasteiger partial charge in [0.05, 0.1) is 19.2 Å². The minimum Gasteiger partial charge on any atom is -0.494 e. The van der Waals surface area contributed by atoms with Gasteiger partial charge in [-0.3, -0.25) is 4.79 Å². The van der Waals surface area contributed by atoms with Crippen LogP contribution < -0.4 is 15.8 Å². The Labute approximate surface area is 207 Å². The van der Waals surface area contributed by atoms with E-state index in [2.05, 4.69) is 10.3 Å². The third-order valence-electron chi connectivity index (χ3n) is 5.84. The van der Waals surface area contributed by atoms with Gasteiger partial charge in [0.2, 0.25) is 0 Å². The molecule has 0 atom stereocenters. The van der Waals surface area contributed by atoms with Gasteiger partial charge in [0.1, 0.15) is 28.5 Å². The van der Waals surface area contributed by atoms with Crippen LogP contribution in [0.3, 0.4) is 0 Å². The highest BCUT2D eigenvalue weighted by Gasteiger charge is 2.33. The van der Waals surface area contributed by atoms with Crippen molar-refractivity contribution in [3.8, 4) is 17.1 Å². The molecule has 2 aromatic carbocycles. The summed E-state index contributed by atoms with van der Waals surface area (Å²) in [5, 5.41) is 6.37. The lowest BCUT2D eigenvalue weighted by atomic mass is 10.0. The van der Waals surface area contributed by atoms with Gasteiger partial charge < -0.3 is 20.2 Å². The average Bonchev–Trinajstić information content (AvgIpc) is 3.50. The van der Waals surface area contributed by atoms with Crippen LogP contribution in [-0.2, 0) is 19.3 Å². The Morgan fingerprint density at radius 1 is 1.14 bits per heavy atom. The van der Waals surface area contributed by atoms with Crippen LogP contribution >= 0.6 is 11.3 Å². The number of alkyl halides is 3. The standard InChI is InChI=1S/C26H20F3N3O3S/c1-34-19-8-6-16(17-7-9-23(26(27,28)29)32-24(17)19)20-10-18(21(11-30)35-20)25(33)31-12-14-13-36-22-5-3-2-4-15(14)22/h2-10,13H,11-12,30H2,1H3,(H,31,33). The fourth-order valence-electron chi connectivity index (χ4n) is 4.08. The van der Waals surface area contributed by atoms with E-state index in [-0.39, 0.29) is 40.8 Å². The minimum atomic E-state index is -4.61. The molecule has 0 bridgehead atoms. The molecule has 10 heteroatoms. The largest absolute Gasteiger partial charge is 0.494 e. The molecule has 184 valence electrons. The molecule has 3 heterocycles. The molecule has 0 aliphatic carbocycles. The van der Waals surface area contributed by atoms with Crippen LogP contribution in [0.4, 0.5) is 13.2 Å². The van der Waals surface area contributed by atoms with Crippen LogP contribution in [0.15, 0.2) is 64.4 Å². The second-order valence-corrected chi connectivity index (χ2v) is 8.91. The number of thiophene rings is 1. The van der Waals surface area contributed by atoms with Gasteiger partial charge in [-0.2, -0.15) is 13.2 Å². The summed E-state index contributed by atoms with van der Waals surface area (Å²) in [4.78, 5) is 16.8. The van der Waals surface area contributed by atoms with Crippen LogP contribution in [0.1, 0.15) is 27.4 Å². The third kappa shape index (κ3) is 4.29. The predicted octanol–water partition coefficient (Wildman–Crippen LogP) is 6.13. The van der Waals surface area contributed by atoms with E-state index in [1.807, 2.05) is 29.6 Å². The average molecular weight is 512 g/mol. The molecule has 3 aromatic heterocycles. The van der Waals surface area contributed by atoms with Crippen molar-refractivity contribution in [2.75, 3.05) is 7.11 Å². The van der Waals surface area contributed by atoms with Crippen LogP contribution in [0.5, 0.6) is 5.75 Å². The maximum absolute atomic E-state index is 13.2. The summed E-state index contributed by atoms with van der Waals surface area (Å²) in [6.45, 7) is 0.289. The zero-order valence-corrected chi connectivity index (χ0v) is 19.8. The summed E-state index contributed by atoms with van der Waals surface area (Å²) < 4.78 is 52.0. The van der Waals surface area contributed by atoms with Crippen molar-refractivity contribution in [1.82, 2.24) is 10.3 Å². The first-order valence-corrected chi connectivity index (χ1v) is 11.8. The monoisotopic (exact) mass is 511 g/mol. The number of hydrogen-bond donors (Lipinski definition) is 2. The van der Waals surface area contributed by atoms with Gasteiger partial charge in [-0.1, -0.05) is 18.2 Å². The maximum atomic E-state index is 13.2. The van der Waals surface area contributed by atoms with E-state index >= 15 is 0 Å². The molecule has 3 N–H and O–H groups in total. The van der Waals surface area contributed by atoms with Crippen LogP contribution in [-0.4, -0.2) is 18.0 Å². The Morgan fingerprint density at radius 2 is 1.94 bits per heavy atom. The van der Waals surface area contributed by atoms with E-state index < -0.39 is 11.9 Å². The molecule has 0 radical (unpaired) electrons. The second-order valence-electron chi connectivity index (χ2n) is 8.00. The molecule has 1 amide bonds. The highest BCUT2D eigenvalue weighted by Crippen LogP contribution is 2.38. The highest BCUT2D eigenvalue weighted by molar-refractivity contribution is 7.17. The Hall–Kier alpha value is -3.89. The van der Waals surface area contributed by atoms with Crippen LogP contribution in [0.2, 0.25) is 0 Å². The first-order valence-electron chi connectivity index (χ1n) is 10.9. The number of pyridine rings is 1. The van der Waals surface area contributed by atoms with Crippen LogP contribution in [0.25, 0.3) is 32.3 Å². The van der Waals surface area contributed by atoms with E-state index in [1.165, 1.54) is 19.2 Å². The molecule has 0 unspecified atom stereocenters. The lowest BCUT2D eigenvalue weighted by molar-refractivity contribution is -0.140. The number of rotatable bonds is 6. The number of hydrogen-bond acceptors (Lipinski definition) is 6. The van der Waals surface area contributed by atoms with E-state index in [0.717, 1.165) is 21.7 Å². The second kappa shape index (κ2) is 9.29. The number of carbonyl (C=O) groups is 1. The first-order chi connectivity index (χ1) is 17.3. The molecule has 0 spiro atoms. The summed E-state index contributed by atoms with van der Waals surface area (Å²) in [5.41, 5.74) is 6.56. The lowest BCUT2D eigenvalue weighted by Gasteiger charge is -2.11. The van der Waals surface area contributed by atoms with E-state index in [4.69, 9.17) is 14.9 Å². The zero-order valence-electron chi connectivity index (χ0n) is 19.0. The summed E-state index contributed by atoms with van der Waals surface area (Å²) in [6, 6.07) is 14.8. The molecular formula is C26H20F3N3O3S. The Morgan fingerprint density at radius 3 is 2.69 bits per heavy atom. The number of furan rings is 1. The van der Waals surface area contributed by atoms with Crippen molar-refractivity contribution in [2.24, 2.45) is 5.73 Å². The molecule has 0 aliphatic heterocycles. The van der Waals surface area contributed by atoms with Crippen molar-refractivity contribution >= 4 is 38.2 Å². The maximum Gasteiger partial charge on any atom is 0.433 e. The van der Waals surface area contributed by atoms with E-state index in [9.17, 15) is 18.0 Å². The number of ether oxygens (including phenoxy) is 1. The van der Waals surface area contributed by atoms with Crippen molar-refractivity contribution in [3.05, 3.63) is 82.6 Å². The van der Waals surface area contributed by atoms with Gasteiger partial charge in [-0.15, -0.1) is 11.3 Å². The van der Waals surface area contributed by atoms with Gasteiger partial charge >= 0.3 is 6.18 Å². The number of amides is 1. The van der Waals surface area contributed by atoms with Gasteiger partial charge in [-0.05, 0) is 52.7 Å². The van der Waals surface area contributed by atoms with Crippen molar-refractivity contribution < 1.29 is 27.1 Å². The first kappa shape index (κ1) is 23.8. The number of carbonyl (C=O) groups excluding carboxylic acids is 1. The smallest absolute Gasteiger partial charge is 0.433 e. The van der Waals surface area contributed by atoms with Crippen molar-refractivity contribution in [1.29, 1.82) is 0 Å². The summed E-state index contributed by atoms with van der Waals surface area (Å²) in [6.07, 6.45) is -4.61. The van der Waals surface area contributed by atoms with Gasteiger partial charge in [0.15, 0.2) is 0 Å². The number of benzene rings is 2. The molecule has 0 fully saturated rings. The van der Waals surface area contributed by atoms with Crippen LogP contribution in [0, 0.1) is 0 Å². The molecule has 5 rings (SSSR count). The molecule has 0 aliphatic rings. The summed E-state index contributed by atoms with van der Waals surface area (Å²) >= 11 is 1.60. The molecule has 0 saturated carbocycles. The highest BCUT2D eigenvalue weighted by atomic mass is 32.1. The van der Waals surface area contributed by atoms with Gasteiger partial charge in [0, 0.05) is 22.2 Å². The predicted molar refractivity (Wildman–Crippen MR) is 132 cm³/mol. The van der Waals surface area contributed by atoms with Crippen molar-refractivity contribution in [2.45, 2.75) is 19.3 Å². The fourth-order valence-corrected chi connectivity index (χ4v) is 5.04. The molecule has 0 saturated heterocycles. The number of nitrogens with zero attached hydrogens (tertiary/aromatic N) is 1. The number of nitrogens with one attached hydrogen (secondary N) is 1. The Balaban J connectivity index is 1.49. The molecule has 6 nitrogen and oxygen atoms in total. The number of methoxy groups -OCH3 is 1. The summed E-state index contributed by atoms with van der Waals surface area (Å²) in [5.74, 6) is 0.375. The number of fused-ring (bicyclic) bond motifs is 2. The number of nitrogens with two attached hydrogens (primary N) is 1. The summed E-state index contributed by atoms with van der Waals surface area (Å²) in [7, 11) is 1.36. The topological polar surface area (TPSA) is 90.4 Å². The quantitative estimate of drug-likeness (QED) is 0.286. The van der Waals surface area contributed by atoms with Crippen molar-refractivity contribution in [3.63, 3.8) is 0 Å². The Kier molecular flexibility index (Phi) is 6.15. The molecular weight excluding hydrogens is 491 g/mol. The lowest BCUT2D eigenvalue weighted by Crippen LogP contribution is -2.23. The third-order valence-corrected chi connectivity index (χ3v) is 6.85. The fraction of sp³-hybridized carbons (Fsp3) is 0.154. The zero-order chi connectivity index (χ0) is 25.4. The van der Waals surface area contributed by atoms with Gasteiger partial charge in [0.25, 0.3) is 5.91 Å². The number of aromatic nitrogens is 1. The minimum absolute atomic E-state index is 0.0330. The number of halogens is 3. The van der Waals surface area contributed by atoms with E-state index in [0.29, 0.717) is 17.5 Å².